The van der Waals surface area contributed by atoms with Gasteiger partial charge in [0.15, 0.2) is 11.4 Å². The lowest BCUT2D eigenvalue weighted by molar-refractivity contribution is 0.0690. The number of nitrogens with two attached hydrogens (primary N) is 1. The molecule has 0 radical (unpaired) electrons. The predicted octanol–water partition coefficient (Wildman–Crippen LogP) is 1.35. The molecule has 6 N–H and O–H groups in total. The van der Waals surface area contributed by atoms with E-state index < -0.39 is 52.9 Å². The van der Waals surface area contributed by atoms with Gasteiger partial charge in [0.2, 0.25) is 0 Å². The highest BCUT2D eigenvalue weighted by Crippen LogP contribution is 2.26. The number of aromatic amines is 1. The molecule has 1 aromatic heterocycles. The van der Waals surface area contributed by atoms with E-state index in [0.29, 0.717) is 0 Å². The summed E-state index contributed by atoms with van der Waals surface area (Å²) < 4.78 is 63.9. The molecule has 1 heterocycles. The van der Waals surface area contributed by atoms with Crippen LogP contribution in [0.2, 0.25) is 0 Å². The number of carboxylic acids is 1. The van der Waals surface area contributed by atoms with Gasteiger partial charge < -0.3 is 10.8 Å². The molecule has 16 heteroatoms. The maximum absolute atomic E-state index is 12.7. The van der Waals surface area contributed by atoms with Crippen LogP contribution < -0.4 is 11.3 Å². The lowest BCUT2D eigenvalue weighted by atomic mass is 10.3. The number of carbonyl (C=O) groups is 1. The molecule has 0 amide bonds. The topological polar surface area (TPSA) is 235 Å². The number of benzene rings is 2. The molecule has 0 atom stereocenters. The Labute approximate surface area is 179 Å². The Morgan fingerprint density at radius 2 is 1.59 bits per heavy atom. The predicted molar refractivity (Wildman–Crippen MR) is 108 cm³/mol. The van der Waals surface area contributed by atoms with Gasteiger partial charge in [-0.05, 0) is 42.5 Å². The summed E-state index contributed by atoms with van der Waals surface area (Å²) in [6.45, 7) is 0. The maximum atomic E-state index is 12.7. The monoisotopic (exact) mass is 483 g/mol. The van der Waals surface area contributed by atoms with Gasteiger partial charge in [-0.15, -0.1) is 5.11 Å². The second kappa shape index (κ2) is 8.00. The van der Waals surface area contributed by atoms with Crippen molar-refractivity contribution in [1.29, 1.82) is 0 Å². The van der Waals surface area contributed by atoms with Crippen molar-refractivity contribution in [2.24, 2.45) is 10.2 Å². The molecule has 0 spiro atoms. The largest absolute Gasteiger partial charge is 0.476 e. The van der Waals surface area contributed by atoms with Gasteiger partial charge in [-0.3, -0.25) is 19.0 Å². The smallest absolute Gasteiger partial charge is 0.356 e. The summed E-state index contributed by atoms with van der Waals surface area (Å²) in [6, 6.07) is 7.44. The molecule has 2 aromatic carbocycles. The first kappa shape index (κ1) is 22.8. The second-order valence-corrected chi connectivity index (χ2v) is 8.96. The SMILES string of the molecule is Nc1ccc(N=Nc2c(C(=O)O)[nH]n(-c3ccc(S(=O)(=O)O)cc3)c2=O)cc1S(=O)(=O)O. The summed E-state index contributed by atoms with van der Waals surface area (Å²) in [7, 11) is -9.15. The van der Waals surface area contributed by atoms with Gasteiger partial charge >= 0.3 is 5.97 Å². The Morgan fingerprint density at radius 3 is 2.12 bits per heavy atom. The normalized spacial score (nSPS) is 12.3. The molecule has 168 valence electrons. The third kappa shape index (κ3) is 4.57. The first-order valence-corrected chi connectivity index (χ1v) is 11.1. The highest BCUT2D eigenvalue weighted by Gasteiger charge is 2.21. The molecule has 0 aliphatic carbocycles. The Morgan fingerprint density at radius 1 is 0.969 bits per heavy atom. The average molecular weight is 483 g/mol. The molecule has 3 aromatic rings. The summed E-state index contributed by atoms with van der Waals surface area (Å²) in [5, 5.41) is 18.9. The molecular formula is C16H13N5O9S2. The molecule has 0 saturated heterocycles. The third-order valence-electron chi connectivity index (χ3n) is 4.01. The maximum Gasteiger partial charge on any atom is 0.356 e. The Hall–Kier alpha value is -3.86. The number of hydrogen-bond donors (Lipinski definition) is 5. The van der Waals surface area contributed by atoms with E-state index in [0.717, 1.165) is 41.1 Å². The molecule has 0 fully saturated rings. The van der Waals surface area contributed by atoms with E-state index in [4.69, 9.17) is 10.3 Å². The van der Waals surface area contributed by atoms with E-state index in [2.05, 4.69) is 15.3 Å². The average Bonchev–Trinajstić information content (AvgIpc) is 3.02. The van der Waals surface area contributed by atoms with Crippen molar-refractivity contribution in [2.45, 2.75) is 9.79 Å². The van der Waals surface area contributed by atoms with Crippen LogP contribution in [0.1, 0.15) is 10.5 Å². The summed E-state index contributed by atoms with van der Waals surface area (Å²) in [4.78, 5) is 23.1. The molecule has 0 saturated carbocycles. The third-order valence-corrected chi connectivity index (χ3v) is 5.79. The molecule has 3 rings (SSSR count). The van der Waals surface area contributed by atoms with Crippen LogP contribution in [-0.2, 0) is 20.2 Å². The van der Waals surface area contributed by atoms with Crippen LogP contribution in [0.4, 0.5) is 17.1 Å². The van der Waals surface area contributed by atoms with Crippen LogP contribution in [-0.4, -0.2) is 46.8 Å². The van der Waals surface area contributed by atoms with Crippen LogP contribution in [0.5, 0.6) is 0 Å². The fourth-order valence-corrected chi connectivity index (χ4v) is 3.65. The lowest BCUT2D eigenvalue weighted by Gasteiger charge is -2.02. The van der Waals surface area contributed by atoms with Gasteiger partial charge in [-0.2, -0.15) is 21.9 Å². The molecule has 0 aliphatic rings. The summed E-state index contributed by atoms with van der Waals surface area (Å²) in [5.41, 5.74) is 2.78. The minimum absolute atomic E-state index is 0.0208. The first-order valence-electron chi connectivity index (χ1n) is 8.24. The molecule has 0 aliphatic heterocycles. The van der Waals surface area contributed by atoms with Crippen LogP contribution in [0, 0.1) is 0 Å². The Kier molecular flexibility index (Phi) is 5.71. The summed E-state index contributed by atoms with van der Waals surface area (Å²) in [6.07, 6.45) is 0. The molecule has 0 unspecified atom stereocenters. The zero-order valence-corrected chi connectivity index (χ0v) is 17.2. The Bertz CT molecular complexity index is 1520. The minimum Gasteiger partial charge on any atom is -0.476 e. The fourth-order valence-electron chi connectivity index (χ4n) is 2.54. The van der Waals surface area contributed by atoms with Crippen molar-refractivity contribution >= 4 is 43.3 Å². The van der Waals surface area contributed by atoms with Crippen molar-refractivity contribution in [1.82, 2.24) is 9.78 Å². The molecule has 14 nitrogen and oxygen atoms in total. The van der Waals surface area contributed by atoms with E-state index in [1.165, 1.54) is 6.07 Å². The van der Waals surface area contributed by atoms with Crippen LogP contribution >= 0.6 is 0 Å². The van der Waals surface area contributed by atoms with Crippen molar-refractivity contribution in [2.75, 3.05) is 5.73 Å². The lowest BCUT2D eigenvalue weighted by Crippen LogP contribution is -2.14. The number of carboxylic acid groups (broad SMARTS) is 1. The fraction of sp³-hybridized carbons (Fsp3) is 0. The van der Waals surface area contributed by atoms with E-state index >= 15 is 0 Å². The summed E-state index contributed by atoms with van der Waals surface area (Å²) >= 11 is 0. The number of nitrogens with one attached hydrogen (secondary N) is 1. The quantitative estimate of drug-likeness (QED) is 0.192. The second-order valence-electron chi connectivity index (χ2n) is 6.15. The standard InChI is InChI=1S/C16H13N5O9S2/c17-11-6-1-8(7-12(11)32(28,29)30)18-19-13-14(16(23)24)20-21(15(13)22)9-2-4-10(5-3-9)31(25,26)27/h1-7,20H,17H2,(H,23,24)(H,25,26,27)(H,28,29,30). The van der Waals surface area contributed by atoms with Crippen LogP contribution in [0.15, 0.2) is 67.3 Å². The van der Waals surface area contributed by atoms with Crippen molar-refractivity contribution in [3.05, 3.63) is 58.5 Å². The van der Waals surface area contributed by atoms with E-state index in [1.807, 2.05) is 0 Å². The number of aromatic nitrogens is 2. The number of nitrogen functional groups attached to an aromatic ring is 1. The van der Waals surface area contributed by atoms with E-state index in [1.54, 1.807) is 0 Å². The van der Waals surface area contributed by atoms with E-state index in [9.17, 15) is 36.1 Å². The number of nitrogens with zero attached hydrogens (tertiary/aromatic N) is 3. The first-order chi connectivity index (χ1) is 14.8. The number of azo groups is 1. The van der Waals surface area contributed by atoms with E-state index in [-0.39, 0.29) is 17.1 Å². The zero-order valence-electron chi connectivity index (χ0n) is 15.6. The van der Waals surface area contributed by atoms with Gasteiger partial charge in [0, 0.05) is 0 Å². The van der Waals surface area contributed by atoms with Gasteiger partial charge in [0.25, 0.3) is 25.8 Å². The number of rotatable bonds is 6. The van der Waals surface area contributed by atoms with Crippen molar-refractivity contribution in [3.8, 4) is 5.69 Å². The van der Waals surface area contributed by atoms with Gasteiger partial charge in [0.1, 0.15) is 4.90 Å². The van der Waals surface area contributed by atoms with Gasteiger partial charge in [0.05, 0.1) is 22.0 Å². The van der Waals surface area contributed by atoms with Crippen LogP contribution in [0.3, 0.4) is 0 Å². The van der Waals surface area contributed by atoms with Crippen molar-refractivity contribution < 1.29 is 35.8 Å². The Balaban J connectivity index is 2.08. The molecule has 0 bridgehead atoms. The number of H-pyrrole nitrogens is 1. The zero-order chi connectivity index (χ0) is 23.8. The minimum atomic E-state index is -4.67. The van der Waals surface area contributed by atoms with Gasteiger partial charge in [-0.25, -0.2) is 9.48 Å². The molecule has 32 heavy (non-hydrogen) atoms. The summed E-state index contributed by atoms with van der Waals surface area (Å²) in [5.74, 6) is -1.57. The number of aromatic carboxylic acids is 1. The van der Waals surface area contributed by atoms with Gasteiger partial charge in [-0.1, -0.05) is 0 Å². The number of hydrogen-bond acceptors (Lipinski definition) is 9. The highest BCUT2D eigenvalue weighted by atomic mass is 32.2. The van der Waals surface area contributed by atoms with Crippen LogP contribution in [0.25, 0.3) is 5.69 Å². The highest BCUT2D eigenvalue weighted by molar-refractivity contribution is 7.86. The molecular weight excluding hydrogens is 470 g/mol. The number of anilines is 1. The van der Waals surface area contributed by atoms with Crippen molar-refractivity contribution in [3.63, 3.8) is 0 Å².